The molecule has 0 fully saturated rings. The summed E-state index contributed by atoms with van der Waals surface area (Å²) in [7, 11) is 0. The van der Waals surface area contributed by atoms with Gasteiger partial charge in [0.25, 0.3) is 0 Å². The van der Waals surface area contributed by atoms with Gasteiger partial charge < -0.3 is 10.5 Å². The Kier molecular flexibility index (Phi) is 6.04. The average molecular weight is 370 g/mol. The molecule has 0 unspecified atom stereocenters. The number of hydrogen-bond donors (Lipinski definition) is 3. The van der Waals surface area contributed by atoms with E-state index < -0.39 is 17.2 Å². The van der Waals surface area contributed by atoms with Crippen LogP contribution in [0.3, 0.4) is 0 Å². The molecule has 1 aromatic carbocycles. The SMILES string of the molecule is Cc1cc(OCc2nc(S[C@@H](C)C(=O)NC(N)=O)n[nH]2)ccc1Cl. The lowest BCUT2D eigenvalue weighted by Crippen LogP contribution is -2.39. The van der Waals surface area contributed by atoms with Crippen LogP contribution in [0.2, 0.25) is 5.02 Å². The van der Waals surface area contributed by atoms with Gasteiger partial charge in [0.15, 0.2) is 5.82 Å². The highest BCUT2D eigenvalue weighted by Crippen LogP contribution is 2.22. The Hall–Kier alpha value is -2.26. The highest BCUT2D eigenvalue weighted by molar-refractivity contribution is 8.00. The minimum atomic E-state index is -0.894. The molecule has 0 aliphatic heterocycles. The topological polar surface area (TPSA) is 123 Å². The van der Waals surface area contributed by atoms with Gasteiger partial charge in [-0.2, -0.15) is 0 Å². The predicted molar refractivity (Wildman–Crippen MR) is 89.9 cm³/mol. The van der Waals surface area contributed by atoms with Gasteiger partial charge in [-0.15, -0.1) is 5.10 Å². The van der Waals surface area contributed by atoms with Crippen LogP contribution >= 0.6 is 23.4 Å². The fourth-order valence-corrected chi connectivity index (χ4v) is 2.55. The monoisotopic (exact) mass is 369 g/mol. The highest BCUT2D eigenvalue weighted by atomic mass is 35.5. The highest BCUT2D eigenvalue weighted by Gasteiger charge is 2.18. The zero-order chi connectivity index (χ0) is 17.7. The van der Waals surface area contributed by atoms with Crippen molar-refractivity contribution in [2.24, 2.45) is 5.73 Å². The van der Waals surface area contributed by atoms with Crippen molar-refractivity contribution < 1.29 is 14.3 Å². The number of aryl methyl sites for hydroxylation is 1. The summed E-state index contributed by atoms with van der Waals surface area (Å²) in [5.41, 5.74) is 5.82. The number of halogens is 1. The van der Waals surface area contributed by atoms with Crippen molar-refractivity contribution in [1.82, 2.24) is 20.5 Å². The van der Waals surface area contributed by atoms with Crippen molar-refractivity contribution in [2.75, 3.05) is 0 Å². The number of nitrogens with two attached hydrogens (primary N) is 1. The van der Waals surface area contributed by atoms with Crippen LogP contribution in [0.25, 0.3) is 0 Å². The fourth-order valence-electron chi connectivity index (χ4n) is 1.69. The lowest BCUT2D eigenvalue weighted by atomic mass is 10.2. The molecular formula is C14H16ClN5O3S. The summed E-state index contributed by atoms with van der Waals surface area (Å²) < 4.78 is 5.60. The number of nitrogens with one attached hydrogen (secondary N) is 2. The van der Waals surface area contributed by atoms with Gasteiger partial charge in [-0.05, 0) is 37.6 Å². The van der Waals surface area contributed by atoms with Gasteiger partial charge in [-0.3, -0.25) is 15.2 Å². The number of carbonyl (C=O) groups is 2. The van der Waals surface area contributed by atoms with Crippen LogP contribution in [0, 0.1) is 6.92 Å². The molecular weight excluding hydrogens is 354 g/mol. The molecule has 10 heteroatoms. The van der Waals surface area contributed by atoms with Crippen LogP contribution in [0.15, 0.2) is 23.4 Å². The van der Waals surface area contributed by atoms with E-state index in [1.54, 1.807) is 19.1 Å². The molecule has 0 radical (unpaired) electrons. The van der Waals surface area contributed by atoms with Crippen LogP contribution < -0.4 is 15.8 Å². The first-order valence-corrected chi connectivity index (χ1v) is 8.18. The minimum Gasteiger partial charge on any atom is -0.486 e. The van der Waals surface area contributed by atoms with Crippen molar-refractivity contribution in [3.8, 4) is 5.75 Å². The second-order valence-electron chi connectivity index (χ2n) is 4.88. The zero-order valence-corrected chi connectivity index (χ0v) is 14.6. The van der Waals surface area contributed by atoms with E-state index in [9.17, 15) is 9.59 Å². The molecule has 24 heavy (non-hydrogen) atoms. The molecule has 2 aromatic rings. The largest absolute Gasteiger partial charge is 0.486 e. The maximum atomic E-state index is 11.6. The molecule has 3 amide bonds. The molecule has 0 saturated heterocycles. The van der Waals surface area contributed by atoms with Crippen molar-refractivity contribution in [3.05, 3.63) is 34.6 Å². The Labute approximate surface area is 147 Å². The van der Waals surface area contributed by atoms with Crippen LogP contribution in [0.5, 0.6) is 5.75 Å². The number of amides is 3. The number of H-pyrrole nitrogens is 1. The first-order chi connectivity index (χ1) is 11.3. The third-order valence-electron chi connectivity index (χ3n) is 2.91. The molecule has 0 saturated carbocycles. The van der Waals surface area contributed by atoms with Gasteiger partial charge in [0.1, 0.15) is 12.4 Å². The molecule has 0 bridgehead atoms. The number of benzene rings is 1. The predicted octanol–water partition coefficient (Wildman–Crippen LogP) is 2.02. The standard InChI is InChI=1S/C14H16ClN5O3S/c1-7-5-9(3-4-10(7)15)23-6-11-17-14(20-19-11)24-8(2)12(21)18-13(16)22/h3-5,8H,6H2,1-2H3,(H,17,19,20)(H3,16,18,21,22)/t8-/m0/s1. The zero-order valence-electron chi connectivity index (χ0n) is 13.0. The van der Waals surface area contributed by atoms with E-state index in [4.69, 9.17) is 22.1 Å². The van der Waals surface area contributed by atoms with Gasteiger partial charge in [0.2, 0.25) is 11.1 Å². The van der Waals surface area contributed by atoms with Gasteiger partial charge in [0, 0.05) is 5.02 Å². The van der Waals surface area contributed by atoms with Gasteiger partial charge in [0.05, 0.1) is 5.25 Å². The lowest BCUT2D eigenvalue weighted by molar-refractivity contribution is -0.119. The summed E-state index contributed by atoms with van der Waals surface area (Å²) in [5, 5.41) is 9.20. The number of primary amides is 1. The van der Waals surface area contributed by atoms with Crippen LogP contribution in [-0.4, -0.2) is 32.4 Å². The Morgan fingerprint density at radius 3 is 2.92 bits per heavy atom. The summed E-state index contributed by atoms with van der Waals surface area (Å²) in [6.45, 7) is 3.69. The summed E-state index contributed by atoms with van der Waals surface area (Å²) in [5.74, 6) is 0.663. The van der Waals surface area contributed by atoms with Crippen LogP contribution in [0.4, 0.5) is 4.79 Å². The normalized spacial score (nSPS) is 11.8. The van der Waals surface area contributed by atoms with Crippen molar-refractivity contribution >= 4 is 35.3 Å². The third-order valence-corrected chi connectivity index (χ3v) is 4.30. The Bertz CT molecular complexity index is 752. The van der Waals surface area contributed by atoms with E-state index in [2.05, 4.69) is 15.2 Å². The quantitative estimate of drug-likeness (QED) is 0.669. The number of nitrogens with zero attached hydrogens (tertiary/aromatic N) is 2. The summed E-state index contributed by atoms with van der Waals surface area (Å²) >= 11 is 7.05. The second kappa shape index (κ2) is 8.02. The second-order valence-corrected chi connectivity index (χ2v) is 6.59. The van der Waals surface area contributed by atoms with Gasteiger partial charge in [-0.25, -0.2) is 9.78 Å². The number of imide groups is 1. The molecule has 1 heterocycles. The van der Waals surface area contributed by atoms with E-state index in [0.717, 1.165) is 17.3 Å². The van der Waals surface area contributed by atoms with Crippen molar-refractivity contribution in [1.29, 1.82) is 0 Å². The van der Waals surface area contributed by atoms with E-state index >= 15 is 0 Å². The maximum absolute atomic E-state index is 11.6. The van der Waals surface area contributed by atoms with Crippen LogP contribution in [-0.2, 0) is 11.4 Å². The van der Waals surface area contributed by atoms with E-state index in [1.165, 1.54) is 0 Å². The third kappa shape index (κ3) is 5.14. The molecule has 0 aliphatic rings. The van der Waals surface area contributed by atoms with E-state index in [1.807, 2.05) is 18.3 Å². The minimum absolute atomic E-state index is 0.191. The number of thioether (sulfide) groups is 1. The molecule has 0 aliphatic carbocycles. The molecule has 4 N–H and O–H groups in total. The maximum Gasteiger partial charge on any atom is 0.318 e. The van der Waals surface area contributed by atoms with E-state index in [0.29, 0.717) is 21.8 Å². The Balaban J connectivity index is 1.89. The smallest absolute Gasteiger partial charge is 0.318 e. The fraction of sp³-hybridized carbons (Fsp3) is 0.286. The average Bonchev–Trinajstić information content (AvgIpc) is 2.95. The van der Waals surface area contributed by atoms with Gasteiger partial charge in [-0.1, -0.05) is 23.4 Å². The molecule has 0 spiro atoms. The molecule has 1 aromatic heterocycles. The number of rotatable bonds is 6. The number of urea groups is 1. The molecule has 128 valence electrons. The first-order valence-electron chi connectivity index (χ1n) is 6.92. The number of carbonyl (C=O) groups excluding carboxylic acids is 2. The van der Waals surface area contributed by atoms with Crippen molar-refractivity contribution in [3.63, 3.8) is 0 Å². The molecule has 2 rings (SSSR count). The first kappa shape index (κ1) is 18.1. The summed E-state index contributed by atoms with van der Waals surface area (Å²) in [4.78, 5) is 26.5. The Morgan fingerprint density at radius 1 is 1.50 bits per heavy atom. The number of aromatic nitrogens is 3. The summed E-state index contributed by atoms with van der Waals surface area (Å²) in [6, 6.07) is 4.45. The van der Waals surface area contributed by atoms with Crippen molar-refractivity contribution in [2.45, 2.75) is 30.9 Å². The summed E-state index contributed by atoms with van der Waals surface area (Å²) in [6.07, 6.45) is 0. The Morgan fingerprint density at radius 2 is 2.25 bits per heavy atom. The van der Waals surface area contributed by atoms with E-state index in [-0.39, 0.29) is 6.61 Å². The van der Waals surface area contributed by atoms with Crippen LogP contribution in [0.1, 0.15) is 18.3 Å². The van der Waals surface area contributed by atoms with Gasteiger partial charge >= 0.3 is 6.03 Å². The lowest BCUT2D eigenvalue weighted by Gasteiger charge is -2.07. The molecule has 1 atom stereocenters. The number of aromatic amines is 1. The number of ether oxygens (including phenoxy) is 1. The number of hydrogen-bond acceptors (Lipinski definition) is 6. The molecule has 8 nitrogen and oxygen atoms in total.